The fraction of sp³-hybridized carbons (Fsp3) is 0.304. The van der Waals surface area contributed by atoms with E-state index in [2.05, 4.69) is 12.2 Å². The molecule has 0 unspecified atom stereocenters. The van der Waals surface area contributed by atoms with Crippen molar-refractivity contribution in [3.8, 4) is 28.4 Å². The van der Waals surface area contributed by atoms with Gasteiger partial charge >= 0.3 is 0 Å². The standard InChI is InChI=1S/C23H27N3O3/c1-4-5-9-14-24-23(27)19-16-26(18-10-7-6-8-11-18)25-22(19)17-12-13-20(28-2)21(15-17)29-3/h6-8,10-13,15-16H,4-5,9,14H2,1-3H3,(H,24,27). The van der Waals surface area contributed by atoms with Crippen molar-refractivity contribution in [1.29, 1.82) is 0 Å². The molecule has 0 fully saturated rings. The Bertz CT molecular complexity index is 951. The van der Waals surface area contributed by atoms with E-state index in [-0.39, 0.29) is 5.91 Å². The molecule has 6 heteroatoms. The first-order valence-corrected chi connectivity index (χ1v) is 9.83. The van der Waals surface area contributed by atoms with Gasteiger partial charge in [-0.1, -0.05) is 38.0 Å². The second-order valence-corrected chi connectivity index (χ2v) is 6.70. The number of ether oxygens (including phenoxy) is 2. The minimum absolute atomic E-state index is 0.131. The fourth-order valence-corrected chi connectivity index (χ4v) is 3.12. The third-order valence-corrected chi connectivity index (χ3v) is 4.70. The van der Waals surface area contributed by atoms with Crippen LogP contribution in [0.4, 0.5) is 0 Å². The normalized spacial score (nSPS) is 10.6. The summed E-state index contributed by atoms with van der Waals surface area (Å²) in [5.74, 6) is 1.09. The maximum atomic E-state index is 12.9. The van der Waals surface area contributed by atoms with E-state index < -0.39 is 0 Å². The molecule has 3 rings (SSSR count). The van der Waals surface area contributed by atoms with E-state index >= 15 is 0 Å². The summed E-state index contributed by atoms with van der Waals surface area (Å²) in [7, 11) is 3.18. The second kappa shape index (κ2) is 9.78. The predicted molar refractivity (Wildman–Crippen MR) is 114 cm³/mol. The summed E-state index contributed by atoms with van der Waals surface area (Å²) in [5, 5.41) is 7.72. The Morgan fingerprint density at radius 2 is 1.79 bits per heavy atom. The van der Waals surface area contributed by atoms with Gasteiger partial charge in [0.1, 0.15) is 5.69 Å². The number of benzene rings is 2. The summed E-state index contributed by atoms with van der Waals surface area (Å²) in [4.78, 5) is 12.9. The van der Waals surface area contributed by atoms with Crippen molar-refractivity contribution in [2.45, 2.75) is 26.2 Å². The highest BCUT2D eigenvalue weighted by Crippen LogP contribution is 2.33. The van der Waals surface area contributed by atoms with Crippen LogP contribution in [0.15, 0.2) is 54.7 Å². The molecule has 0 aliphatic heterocycles. The van der Waals surface area contributed by atoms with Crippen LogP contribution in [0.5, 0.6) is 11.5 Å². The molecule has 0 atom stereocenters. The number of nitrogens with zero attached hydrogens (tertiary/aromatic N) is 2. The van der Waals surface area contributed by atoms with Crippen LogP contribution in [0.2, 0.25) is 0 Å². The van der Waals surface area contributed by atoms with E-state index in [4.69, 9.17) is 14.6 Å². The minimum atomic E-state index is -0.131. The van der Waals surface area contributed by atoms with Crippen LogP contribution in [0, 0.1) is 0 Å². The largest absolute Gasteiger partial charge is 0.493 e. The van der Waals surface area contributed by atoms with Gasteiger partial charge in [0.25, 0.3) is 5.91 Å². The molecule has 0 saturated carbocycles. The van der Waals surface area contributed by atoms with Crippen molar-refractivity contribution in [2.24, 2.45) is 0 Å². The first-order valence-electron chi connectivity index (χ1n) is 9.83. The summed E-state index contributed by atoms with van der Waals surface area (Å²) in [5.41, 5.74) is 2.80. The lowest BCUT2D eigenvalue weighted by atomic mass is 10.1. The number of hydrogen-bond acceptors (Lipinski definition) is 4. The molecule has 152 valence electrons. The number of carbonyl (C=O) groups excluding carboxylic acids is 1. The Hall–Kier alpha value is -3.28. The van der Waals surface area contributed by atoms with Gasteiger partial charge in [0.2, 0.25) is 0 Å². The summed E-state index contributed by atoms with van der Waals surface area (Å²) in [6.07, 6.45) is 4.93. The Morgan fingerprint density at radius 1 is 1.03 bits per heavy atom. The zero-order valence-electron chi connectivity index (χ0n) is 17.1. The highest BCUT2D eigenvalue weighted by Gasteiger charge is 2.19. The monoisotopic (exact) mass is 393 g/mol. The Morgan fingerprint density at radius 3 is 2.48 bits per heavy atom. The van der Waals surface area contributed by atoms with Crippen LogP contribution in [-0.2, 0) is 0 Å². The average Bonchev–Trinajstić information content (AvgIpc) is 3.22. The lowest BCUT2D eigenvalue weighted by molar-refractivity contribution is 0.0953. The Kier molecular flexibility index (Phi) is 6.89. The second-order valence-electron chi connectivity index (χ2n) is 6.70. The van der Waals surface area contributed by atoms with E-state index in [1.807, 2.05) is 48.5 Å². The first kappa shape index (κ1) is 20.5. The molecule has 0 radical (unpaired) electrons. The first-order chi connectivity index (χ1) is 14.2. The number of aromatic nitrogens is 2. The summed E-state index contributed by atoms with van der Waals surface area (Å²) in [6.45, 7) is 2.79. The van der Waals surface area contributed by atoms with Crippen LogP contribution in [-0.4, -0.2) is 36.5 Å². The SMILES string of the molecule is CCCCCNC(=O)c1cn(-c2ccccc2)nc1-c1ccc(OC)c(OC)c1. The van der Waals surface area contributed by atoms with E-state index in [1.54, 1.807) is 25.1 Å². The smallest absolute Gasteiger partial charge is 0.255 e. The van der Waals surface area contributed by atoms with Crippen molar-refractivity contribution in [1.82, 2.24) is 15.1 Å². The van der Waals surface area contributed by atoms with Crippen molar-refractivity contribution in [2.75, 3.05) is 20.8 Å². The molecular formula is C23H27N3O3. The predicted octanol–water partition coefficient (Wildman–Crippen LogP) is 4.48. The maximum Gasteiger partial charge on any atom is 0.255 e. The van der Waals surface area contributed by atoms with Crippen LogP contribution >= 0.6 is 0 Å². The van der Waals surface area contributed by atoms with E-state index in [9.17, 15) is 4.79 Å². The van der Waals surface area contributed by atoms with Gasteiger partial charge in [-0.05, 0) is 36.8 Å². The zero-order valence-corrected chi connectivity index (χ0v) is 17.1. The lowest BCUT2D eigenvalue weighted by Crippen LogP contribution is -2.24. The van der Waals surface area contributed by atoms with E-state index in [1.165, 1.54) is 0 Å². The van der Waals surface area contributed by atoms with Gasteiger partial charge in [-0.2, -0.15) is 5.10 Å². The molecule has 6 nitrogen and oxygen atoms in total. The number of carbonyl (C=O) groups is 1. The van der Waals surface area contributed by atoms with Gasteiger partial charge < -0.3 is 14.8 Å². The highest BCUT2D eigenvalue weighted by atomic mass is 16.5. The number of unbranched alkanes of at least 4 members (excludes halogenated alkanes) is 2. The van der Waals surface area contributed by atoms with Gasteiger partial charge in [-0.25, -0.2) is 4.68 Å². The van der Waals surface area contributed by atoms with Crippen molar-refractivity contribution in [3.05, 3.63) is 60.3 Å². The van der Waals surface area contributed by atoms with Gasteiger partial charge in [0, 0.05) is 18.3 Å². The minimum Gasteiger partial charge on any atom is -0.493 e. The number of hydrogen-bond donors (Lipinski definition) is 1. The Balaban J connectivity index is 2.00. The topological polar surface area (TPSA) is 65.4 Å². The van der Waals surface area contributed by atoms with Crippen LogP contribution in [0.1, 0.15) is 36.5 Å². The number of para-hydroxylation sites is 1. The molecular weight excluding hydrogens is 366 g/mol. The quantitative estimate of drug-likeness (QED) is 0.545. The summed E-state index contributed by atoms with van der Waals surface area (Å²) < 4.78 is 12.5. The number of methoxy groups -OCH3 is 2. The zero-order chi connectivity index (χ0) is 20.6. The molecule has 3 aromatic rings. The van der Waals surface area contributed by atoms with Gasteiger partial charge in [-0.3, -0.25) is 4.79 Å². The molecule has 2 aromatic carbocycles. The molecule has 1 heterocycles. The average molecular weight is 393 g/mol. The summed E-state index contributed by atoms with van der Waals surface area (Å²) in [6, 6.07) is 15.3. The van der Waals surface area contributed by atoms with E-state index in [0.717, 1.165) is 30.5 Å². The van der Waals surface area contributed by atoms with Crippen molar-refractivity contribution < 1.29 is 14.3 Å². The van der Waals surface area contributed by atoms with E-state index in [0.29, 0.717) is 29.3 Å². The number of rotatable bonds is 9. The molecule has 0 saturated heterocycles. The molecule has 1 amide bonds. The fourth-order valence-electron chi connectivity index (χ4n) is 3.12. The molecule has 1 N–H and O–H groups in total. The van der Waals surface area contributed by atoms with Crippen molar-refractivity contribution in [3.63, 3.8) is 0 Å². The number of nitrogens with one attached hydrogen (secondary N) is 1. The Labute approximate surface area is 171 Å². The molecule has 29 heavy (non-hydrogen) atoms. The third kappa shape index (κ3) is 4.77. The van der Waals surface area contributed by atoms with Gasteiger partial charge in [0.15, 0.2) is 11.5 Å². The lowest BCUT2D eigenvalue weighted by Gasteiger charge is -2.09. The van der Waals surface area contributed by atoms with Crippen LogP contribution in [0.3, 0.4) is 0 Å². The van der Waals surface area contributed by atoms with Gasteiger partial charge in [-0.15, -0.1) is 0 Å². The van der Waals surface area contributed by atoms with Crippen LogP contribution in [0.25, 0.3) is 16.9 Å². The molecule has 1 aromatic heterocycles. The third-order valence-electron chi connectivity index (χ3n) is 4.70. The highest BCUT2D eigenvalue weighted by molar-refractivity contribution is 6.00. The molecule has 0 spiro atoms. The van der Waals surface area contributed by atoms with Crippen LogP contribution < -0.4 is 14.8 Å². The molecule has 0 bridgehead atoms. The maximum absolute atomic E-state index is 12.9. The van der Waals surface area contributed by atoms with Gasteiger partial charge in [0.05, 0.1) is 25.5 Å². The molecule has 0 aliphatic rings. The van der Waals surface area contributed by atoms with Crippen molar-refractivity contribution >= 4 is 5.91 Å². The molecule has 0 aliphatic carbocycles. The number of amides is 1. The summed E-state index contributed by atoms with van der Waals surface area (Å²) >= 11 is 0.